The van der Waals surface area contributed by atoms with E-state index in [9.17, 15) is 9.18 Å². The lowest BCUT2D eigenvalue weighted by Crippen LogP contribution is -2.30. The predicted octanol–water partition coefficient (Wildman–Crippen LogP) is 2.22. The molecule has 1 N–H and O–H groups in total. The molecular weight excluding hydrogens is 245 g/mol. The zero-order valence-electron chi connectivity index (χ0n) is 10.3. The largest absolute Gasteiger partial charge is 0.335 e. The zero-order valence-corrected chi connectivity index (χ0v) is 10.3. The molecule has 0 aliphatic carbocycles. The number of fused-ring (bicyclic) bond motifs is 1. The number of aromatic nitrogens is 2. The van der Waals surface area contributed by atoms with Crippen molar-refractivity contribution in [2.45, 2.75) is 19.4 Å². The molecule has 2 aromatic rings. The van der Waals surface area contributed by atoms with Gasteiger partial charge in [0.2, 0.25) is 5.91 Å². The lowest BCUT2D eigenvalue weighted by atomic mass is 9.97. The third-order valence-electron chi connectivity index (χ3n) is 3.41. The molecule has 4 nitrogen and oxygen atoms in total. The van der Waals surface area contributed by atoms with Crippen LogP contribution in [0.1, 0.15) is 12.2 Å². The van der Waals surface area contributed by atoms with E-state index in [4.69, 9.17) is 0 Å². The highest BCUT2D eigenvalue weighted by Crippen LogP contribution is 2.21. The molecule has 0 spiro atoms. The van der Waals surface area contributed by atoms with Crippen molar-refractivity contribution in [1.82, 2.24) is 9.55 Å². The first-order valence-corrected chi connectivity index (χ1v) is 6.29. The standard InChI is InChI=1S/C14H14FN3O/c15-11-2-1-3-12(9-11)17-14(19)10-4-6-18-7-5-16-13(18)8-10/h1-3,5,7,9-10H,4,6,8H2,(H,17,19). The maximum atomic E-state index is 13.1. The van der Waals surface area contributed by atoms with Crippen LogP contribution in [0.4, 0.5) is 10.1 Å². The van der Waals surface area contributed by atoms with Crippen LogP contribution in [0.25, 0.3) is 0 Å². The number of imidazole rings is 1. The molecule has 98 valence electrons. The quantitative estimate of drug-likeness (QED) is 0.899. The van der Waals surface area contributed by atoms with Gasteiger partial charge >= 0.3 is 0 Å². The molecule has 0 saturated heterocycles. The molecule has 1 aliphatic rings. The summed E-state index contributed by atoms with van der Waals surface area (Å²) >= 11 is 0. The van der Waals surface area contributed by atoms with E-state index in [0.717, 1.165) is 18.8 Å². The summed E-state index contributed by atoms with van der Waals surface area (Å²) in [6.45, 7) is 0.802. The Morgan fingerprint density at radius 2 is 2.37 bits per heavy atom. The highest BCUT2D eigenvalue weighted by atomic mass is 19.1. The number of carbonyl (C=O) groups excluding carboxylic acids is 1. The smallest absolute Gasteiger partial charge is 0.228 e. The monoisotopic (exact) mass is 259 g/mol. The maximum Gasteiger partial charge on any atom is 0.228 e. The first kappa shape index (κ1) is 11.9. The fourth-order valence-corrected chi connectivity index (χ4v) is 2.39. The molecule has 0 radical (unpaired) electrons. The average molecular weight is 259 g/mol. The Morgan fingerprint density at radius 3 is 3.21 bits per heavy atom. The Morgan fingerprint density at radius 1 is 1.47 bits per heavy atom. The van der Waals surface area contributed by atoms with Gasteiger partial charge in [0, 0.05) is 37.0 Å². The van der Waals surface area contributed by atoms with Crippen molar-refractivity contribution in [1.29, 1.82) is 0 Å². The Bertz CT molecular complexity index is 608. The number of carbonyl (C=O) groups is 1. The number of halogens is 1. The molecule has 3 rings (SSSR count). The number of hydrogen-bond acceptors (Lipinski definition) is 2. The van der Waals surface area contributed by atoms with Gasteiger partial charge < -0.3 is 9.88 Å². The van der Waals surface area contributed by atoms with Gasteiger partial charge in [0.1, 0.15) is 11.6 Å². The van der Waals surface area contributed by atoms with Crippen LogP contribution in [0.5, 0.6) is 0 Å². The van der Waals surface area contributed by atoms with Crippen molar-refractivity contribution < 1.29 is 9.18 Å². The molecule has 1 amide bonds. The van der Waals surface area contributed by atoms with E-state index in [1.165, 1.54) is 12.1 Å². The number of nitrogens with one attached hydrogen (secondary N) is 1. The Labute approximate surface area is 110 Å². The Kier molecular flexibility index (Phi) is 3.03. The van der Waals surface area contributed by atoms with Crippen molar-refractivity contribution >= 4 is 11.6 Å². The fourth-order valence-electron chi connectivity index (χ4n) is 2.39. The maximum absolute atomic E-state index is 13.1. The van der Waals surface area contributed by atoms with Crippen LogP contribution >= 0.6 is 0 Å². The van der Waals surface area contributed by atoms with Crippen molar-refractivity contribution in [2.75, 3.05) is 5.32 Å². The van der Waals surface area contributed by atoms with E-state index in [2.05, 4.69) is 14.9 Å². The van der Waals surface area contributed by atoms with Crippen LogP contribution in [0.2, 0.25) is 0 Å². The van der Waals surface area contributed by atoms with Crippen molar-refractivity contribution in [3.8, 4) is 0 Å². The summed E-state index contributed by atoms with van der Waals surface area (Å²) in [5, 5.41) is 2.76. The van der Waals surface area contributed by atoms with E-state index >= 15 is 0 Å². The lowest BCUT2D eigenvalue weighted by molar-refractivity contribution is -0.120. The third kappa shape index (κ3) is 2.50. The molecule has 1 aliphatic heterocycles. The summed E-state index contributed by atoms with van der Waals surface area (Å²) in [6.07, 6.45) is 5.09. The minimum absolute atomic E-state index is 0.0696. The second-order valence-electron chi connectivity index (χ2n) is 4.73. The molecule has 0 bridgehead atoms. The van der Waals surface area contributed by atoms with Gasteiger partial charge in [-0.25, -0.2) is 9.37 Å². The molecule has 19 heavy (non-hydrogen) atoms. The molecule has 1 unspecified atom stereocenters. The molecule has 2 heterocycles. The van der Waals surface area contributed by atoms with E-state index in [1.54, 1.807) is 18.3 Å². The van der Waals surface area contributed by atoms with Crippen LogP contribution in [-0.4, -0.2) is 15.5 Å². The number of amides is 1. The van der Waals surface area contributed by atoms with Gasteiger partial charge in [0.15, 0.2) is 0 Å². The number of nitrogens with zero attached hydrogens (tertiary/aromatic N) is 2. The topological polar surface area (TPSA) is 46.9 Å². The number of anilines is 1. The molecule has 0 fully saturated rings. The number of hydrogen-bond donors (Lipinski definition) is 1. The van der Waals surface area contributed by atoms with Gasteiger partial charge in [0.25, 0.3) is 0 Å². The Hall–Kier alpha value is -2.17. The third-order valence-corrected chi connectivity index (χ3v) is 3.41. The zero-order chi connectivity index (χ0) is 13.2. The van der Waals surface area contributed by atoms with E-state index in [-0.39, 0.29) is 17.6 Å². The molecular formula is C14H14FN3O. The minimum Gasteiger partial charge on any atom is -0.335 e. The first-order chi connectivity index (χ1) is 9.22. The molecule has 0 saturated carbocycles. The van der Waals surface area contributed by atoms with E-state index < -0.39 is 0 Å². The second-order valence-corrected chi connectivity index (χ2v) is 4.73. The number of aryl methyl sites for hydroxylation is 1. The van der Waals surface area contributed by atoms with E-state index in [1.807, 2.05) is 6.20 Å². The summed E-state index contributed by atoms with van der Waals surface area (Å²) in [5.74, 6) is 0.417. The fraction of sp³-hybridized carbons (Fsp3) is 0.286. The van der Waals surface area contributed by atoms with Gasteiger partial charge in [-0.05, 0) is 24.6 Å². The molecule has 5 heteroatoms. The highest BCUT2D eigenvalue weighted by molar-refractivity contribution is 5.92. The number of rotatable bonds is 2. The average Bonchev–Trinajstić information content (AvgIpc) is 2.85. The Balaban J connectivity index is 1.69. The summed E-state index contributed by atoms with van der Waals surface area (Å²) in [7, 11) is 0. The second kappa shape index (κ2) is 4.84. The van der Waals surface area contributed by atoms with E-state index in [0.29, 0.717) is 12.1 Å². The normalized spacial score (nSPS) is 17.8. The van der Waals surface area contributed by atoms with Gasteiger partial charge in [-0.15, -0.1) is 0 Å². The minimum atomic E-state index is -0.350. The van der Waals surface area contributed by atoms with Crippen molar-refractivity contribution in [3.05, 3.63) is 48.3 Å². The van der Waals surface area contributed by atoms with Crippen LogP contribution in [0.15, 0.2) is 36.7 Å². The van der Waals surface area contributed by atoms with Crippen LogP contribution in [-0.2, 0) is 17.8 Å². The molecule has 1 aromatic heterocycles. The van der Waals surface area contributed by atoms with Crippen molar-refractivity contribution in [2.24, 2.45) is 5.92 Å². The summed E-state index contributed by atoms with van der Waals surface area (Å²) < 4.78 is 15.1. The summed E-state index contributed by atoms with van der Waals surface area (Å²) in [5.41, 5.74) is 0.499. The lowest BCUT2D eigenvalue weighted by Gasteiger charge is -2.22. The van der Waals surface area contributed by atoms with Gasteiger partial charge in [-0.3, -0.25) is 4.79 Å². The predicted molar refractivity (Wildman–Crippen MR) is 69.1 cm³/mol. The SMILES string of the molecule is O=C(Nc1cccc(F)c1)C1CCn2ccnc2C1. The van der Waals surface area contributed by atoms with Gasteiger partial charge in [0.05, 0.1) is 0 Å². The number of benzene rings is 1. The van der Waals surface area contributed by atoms with Crippen LogP contribution < -0.4 is 5.32 Å². The summed E-state index contributed by atoms with van der Waals surface area (Å²) in [4.78, 5) is 16.4. The molecule has 1 atom stereocenters. The summed E-state index contributed by atoms with van der Waals surface area (Å²) in [6, 6.07) is 5.94. The van der Waals surface area contributed by atoms with Gasteiger partial charge in [-0.1, -0.05) is 6.07 Å². The van der Waals surface area contributed by atoms with Gasteiger partial charge in [-0.2, -0.15) is 0 Å². The molecule has 1 aromatic carbocycles. The van der Waals surface area contributed by atoms with Crippen LogP contribution in [0, 0.1) is 11.7 Å². The van der Waals surface area contributed by atoms with Crippen LogP contribution in [0.3, 0.4) is 0 Å². The first-order valence-electron chi connectivity index (χ1n) is 6.29. The van der Waals surface area contributed by atoms with Crippen molar-refractivity contribution in [3.63, 3.8) is 0 Å². The highest BCUT2D eigenvalue weighted by Gasteiger charge is 2.25.